The van der Waals surface area contributed by atoms with Crippen molar-refractivity contribution in [3.63, 3.8) is 0 Å². The van der Waals surface area contributed by atoms with E-state index in [0.29, 0.717) is 5.56 Å². The van der Waals surface area contributed by atoms with E-state index in [1.807, 2.05) is 0 Å². The van der Waals surface area contributed by atoms with Gasteiger partial charge in [-0.05, 0) is 30.3 Å². The molecule has 2 aromatic carbocycles. The normalized spacial score (nSPS) is 9.96. The monoisotopic (exact) mass is 332 g/mol. The third-order valence-corrected chi connectivity index (χ3v) is 3.24. The molecule has 3 N–H and O–H groups in total. The first-order valence-corrected chi connectivity index (χ1v) is 7.01. The number of hydrogen-bond acceptors (Lipinski definition) is 3. The highest BCUT2D eigenvalue weighted by molar-refractivity contribution is 6.34. The van der Waals surface area contributed by atoms with Crippen LogP contribution in [0.3, 0.4) is 0 Å². The Kier molecular flexibility index (Phi) is 5.32. The highest BCUT2D eigenvalue weighted by Crippen LogP contribution is 2.23. The van der Waals surface area contributed by atoms with Crippen LogP contribution in [-0.2, 0) is 4.79 Å². The standard InChI is InChI=1S/C16H13ClN2O4/c17-12-7-6-11(15(22)18-9-14(20)21)8-13(12)19-16(23)10-4-2-1-3-5-10/h1-8H,9H2,(H,18,22)(H,19,23)(H,20,21). The SMILES string of the molecule is O=C(O)CNC(=O)c1ccc(Cl)c(NC(=O)c2ccccc2)c1. The molecule has 2 amide bonds. The Labute approximate surface area is 137 Å². The van der Waals surface area contributed by atoms with Crippen molar-refractivity contribution in [3.05, 3.63) is 64.7 Å². The minimum Gasteiger partial charge on any atom is -0.480 e. The van der Waals surface area contributed by atoms with E-state index in [0.717, 1.165) is 0 Å². The van der Waals surface area contributed by atoms with Crippen LogP contribution in [0, 0.1) is 0 Å². The Bertz CT molecular complexity index is 747. The highest BCUT2D eigenvalue weighted by atomic mass is 35.5. The summed E-state index contributed by atoms with van der Waals surface area (Å²) in [6, 6.07) is 12.8. The van der Waals surface area contributed by atoms with Crippen LogP contribution in [-0.4, -0.2) is 29.4 Å². The lowest BCUT2D eigenvalue weighted by atomic mass is 10.1. The predicted molar refractivity (Wildman–Crippen MR) is 85.8 cm³/mol. The van der Waals surface area contributed by atoms with Crippen molar-refractivity contribution < 1.29 is 19.5 Å². The number of aliphatic carboxylic acids is 1. The second kappa shape index (κ2) is 7.42. The minimum atomic E-state index is -1.15. The van der Waals surface area contributed by atoms with Crippen LogP contribution in [0.2, 0.25) is 5.02 Å². The van der Waals surface area contributed by atoms with Crippen molar-refractivity contribution in [3.8, 4) is 0 Å². The Morgan fingerprint density at radius 3 is 2.30 bits per heavy atom. The van der Waals surface area contributed by atoms with Crippen LogP contribution < -0.4 is 10.6 Å². The van der Waals surface area contributed by atoms with E-state index in [2.05, 4.69) is 10.6 Å². The first kappa shape index (κ1) is 16.5. The number of benzene rings is 2. The van der Waals surface area contributed by atoms with Gasteiger partial charge in [-0.25, -0.2) is 0 Å². The number of carbonyl (C=O) groups is 3. The third kappa shape index (κ3) is 4.55. The van der Waals surface area contributed by atoms with Crippen molar-refractivity contribution in [2.75, 3.05) is 11.9 Å². The van der Waals surface area contributed by atoms with Gasteiger partial charge in [-0.3, -0.25) is 14.4 Å². The molecule has 0 unspecified atom stereocenters. The number of anilines is 1. The van der Waals surface area contributed by atoms with Crippen molar-refractivity contribution in [2.24, 2.45) is 0 Å². The summed E-state index contributed by atoms with van der Waals surface area (Å²) >= 11 is 6.02. The van der Waals surface area contributed by atoms with Crippen LogP contribution in [0.25, 0.3) is 0 Å². The Morgan fingerprint density at radius 1 is 0.957 bits per heavy atom. The zero-order valence-electron chi connectivity index (χ0n) is 11.9. The molecule has 0 bridgehead atoms. The number of amides is 2. The summed E-state index contributed by atoms with van der Waals surface area (Å²) in [6.07, 6.45) is 0. The van der Waals surface area contributed by atoms with Crippen molar-refractivity contribution >= 4 is 35.1 Å². The molecule has 0 saturated carbocycles. The van der Waals surface area contributed by atoms with E-state index >= 15 is 0 Å². The molecule has 6 nitrogen and oxygen atoms in total. The quantitative estimate of drug-likeness (QED) is 0.783. The van der Waals surface area contributed by atoms with Crippen molar-refractivity contribution in [2.45, 2.75) is 0 Å². The second-order valence-electron chi connectivity index (χ2n) is 4.59. The van der Waals surface area contributed by atoms with E-state index < -0.39 is 18.4 Å². The van der Waals surface area contributed by atoms with E-state index in [-0.39, 0.29) is 22.2 Å². The van der Waals surface area contributed by atoms with Gasteiger partial charge in [0.2, 0.25) is 0 Å². The molecule has 0 aliphatic heterocycles. The second-order valence-corrected chi connectivity index (χ2v) is 5.00. The Hall–Kier alpha value is -2.86. The topological polar surface area (TPSA) is 95.5 Å². The minimum absolute atomic E-state index is 0.194. The fraction of sp³-hybridized carbons (Fsp3) is 0.0625. The van der Waals surface area contributed by atoms with Gasteiger partial charge in [0.25, 0.3) is 11.8 Å². The van der Waals surface area contributed by atoms with Gasteiger partial charge in [0.05, 0.1) is 10.7 Å². The average molecular weight is 333 g/mol. The molecule has 0 spiro atoms. The number of rotatable bonds is 5. The molecule has 0 aliphatic carbocycles. The van der Waals surface area contributed by atoms with E-state index in [1.54, 1.807) is 30.3 Å². The number of carboxylic acid groups (broad SMARTS) is 1. The molecule has 0 heterocycles. The molecule has 0 fully saturated rings. The smallest absolute Gasteiger partial charge is 0.322 e. The summed E-state index contributed by atoms with van der Waals surface area (Å²) in [7, 11) is 0. The summed E-state index contributed by atoms with van der Waals surface area (Å²) in [6.45, 7) is -0.493. The van der Waals surface area contributed by atoms with E-state index in [1.165, 1.54) is 18.2 Å². The molecule has 0 aromatic heterocycles. The van der Waals surface area contributed by atoms with Gasteiger partial charge >= 0.3 is 5.97 Å². The maximum absolute atomic E-state index is 12.1. The van der Waals surface area contributed by atoms with Crippen LogP contribution >= 0.6 is 11.6 Å². The van der Waals surface area contributed by atoms with Crippen LogP contribution in [0.4, 0.5) is 5.69 Å². The average Bonchev–Trinajstić information content (AvgIpc) is 2.55. The summed E-state index contributed by atoms with van der Waals surface area (Å²) in [5.74, 6) is -2.08. The highest BCUT2D eigenvalue weighted by Gasteiger charge is 2.12. The van der Waals surface area contributed by atoms with Gasteiger partial charge in [0.15, 0.2) is 0 Å². The van der Waals surface area contributed by atoms with Crippen LogP contribution in [0.15, 0.2) is 48.5 Å². The maximum atomic E-state index is 12.1. The summed E-state index contributed by atoms with van der Waals surface area (Å²) in [5, 5.41) is 13.7. The number of nitrogens with one attached hydrogen (secondary N) is 2. The van der Waals surface area contributed by atoms with Crippen LogP contribution in [0.1, 0.15) is 20.7 Å². The Balaban J connectivity index is 2.16. The van der Waals surface area contributed by atoms with Gasteiger partial charge in [-0.2, -0.15) is 0 Å². The van der Waals surface area contributed by atoms with Gasteiger partial charge < -0.3 is 15.7 Å². The molecule has 0 atom stereocenters. The van der Waals surface area contributed by atoms with Crippen LogP contribution in [0.5, 0.6) is 0 Å². The maximum Gasteiger partial charge on any atom is 0.322 e. The zero-order valence-corrected chi connectivity index (χ0v) is 12.6. The van der Waals surface area contributed by atoms with Gasteiger partial charge in [0, 0.05) is 11.1 Å². The van der Waals surface area contributed by atoms with Crippen molar-refractivity contribution in [1.29, 1.82) is 0 Å². The molecule has 7 heteroatoms. The molecule has 2 rings (SSSR count). The fourth-order valence-corrected chi connectivity index (χ4v) is 1.97. The number of hydrogen-bond donors (Lipinski definition) is 3. The number of carbonyl (C=O) groups excluding carboxylic acids is 2. The third-order valence-electron chi connectivity index (χ3n) is 2.91. The van der Waals surface area contributed by atoms with Gasteiger partial charge in [0.1, 0.15) is 6.54 Å². The zero-order chi connectivity index (χ0) is 16.8. The first-order valence-electron chi connectivity index (χ1n) is 6.63. The summed E-state index contributed by atoms with van der Waals surface area (Å²) < 4.78 is 0. The fourth-order valence-electron chi connectivity index (χ4n) is 1.80. The van der Waals surface area contributed by atoms with Gasteiger partial charge in [-0.15, -0.1) is 0 Å². The molecular formula is C16H13ClN2O4. The predicted octanol–water partition coefficient (Wildman–Crippen LogP) is 2.41. The molecule has 0 radical (unpaired) electrons. The van der Waals surface area contributed by atoms with Crippen molar-refractivity contribution in [1.82, 2.24) is 5.32 Å². The molecule has 0 saturated heterocycles. The van der Waals surface area contributed by atoms with E-state index in [9.17, 15) is 14.4 Å². The summed E-state index contributed by atoms with van der Waals surface area (Å²) in [5.41, 5.74) is 0.909. The Morgan fingerprint density at radius 2 is 1.65 bits per heavy atom. The molecular weight excluding hydrogens is 320 g/mol. The molecule has 118 valence electrons. The first-order chi connectivity index (χ1) is 11.0. The van der Waals surface area contributed by atoms with E-state index in [4.69, 9.17) is 16.7 Å². The molecule has 2 aromatic rings. The molecule has 23 heavy (non-hydrogen) atoms. The lowest BCUT2D eigenvalue weighted by Crippen LogP contribution is -2.29. The number of halogens is 1. The number of carboxylic acids is 1. The van der Waals surface area contributed by atoms with Gasteiger partial charge in [-0.1, -0.05) is 29.8 Å². The molecule has 0 aliphatic rings. The lowest BCUT2D eigenvalue weighted by molar-refractivity contribution is -0.135. The largest absolute Gasteiger partial charge is 0.480 e. The summed E-state index contributed by atoms with van der Waals surface area (Å²) in [4.78, 5) is 34.4. The lowest BCUT2D eigenvalue weighted by Gasteiger charge is -2.09.